The summed E-state index contributed by atoms with van der Waals surface area (Å²) in [6, 6.07) is 2.27. The molecule has 0 atom stereocenters. The predicted octanol–water partition coefficient (Wildman–Crippen LogP) is 2.68. The highest BCUT2D eigenvalue weighted by molar-refractivity contribution is 7.64. The normalized spacial score (nSPS) is 10.8. The SMILES string of the molecule is CCc1sccc1P(C)C. The molecule has 2 heteroatoms. The maximum absolute atomic E-state index is 2.32. The summed E-state index contributed by atoms with van der Waals surface area (Å²) in [5.74, 6) is 0. The minimum absolute atomic E-state index is 0.125. The van der Waals surface area contributed by atoms with E-state index in [1.54, 1.807) is 10.2 Å². The second-order valence-electron chi connectivity index (χ2n) is 2.48. The molecule has 0 aliphatic carbocycles. The molecule has 0 fully saturated rings. The van der Waals surface area contributed by atoms with E-state index in [0.29, 0.717) is 0 Å². The molecule has 1 aromatic rings. The van der Waals surface area contributed by atoms with E-state index in [1.165, 1.54) is 6.42 Å². The first-order valence-electron chi connectivity index (χ1n) is 3.49. The molecular weight excluding hydrogens is 159 g/mol. The number of hydrogen-bond acceptors (Lipinski definition) is 1. The Morgan fingerprint density at radius 1 is 1.50 bits per heavy atom. The van der Waals surface area contributed by atoms with Crippen molar-refractivity contribution in [3.8, 4) is 0 Å². The lowest BCUT2D eigenvalue weighted by Gasteiger charge is -2.04. The number of aryl methyl sites for hydroxylation is 1. The fraction of sp³-hybridized carbons (Fsp3) is 0.500. The van der Waals surface area contributed by atoms with Gasteiger partial charge in [0.1, 0.15) is 0 Å². The van der Waals surface area contributed by atoms with Crippen molar-refractivity contribution in [1.82, 2.24) is 0 Å². The summed E-state index contributed by atoms with van der Waals surface area (Å²) in [5.41, 5.74) is 0. The third-order valence-electron chi connectivity index (χ3n) is 1.52. The van der Waals surface area contributed by atoms with Crippen molar-refractivity contribution in [2.45, 2.75) is 13.3 Å². The maximum Gasteiger partial charge on any atom is 0.0119 e. The predicted molar refractivity (Wildman–Crippen MR) is 52.1 cm³/mol. The van der Waals surface area contributed by atoms with E-state index < -0.39 is 0 Å². The lowest BCUT2D eigenvalue weighted by atomic mass is 10.4. The molecule has 0 spiro atoms. The Bertz CT molecular complexity index is 203. The first kappa shape index (κ1) is 8.23. The average molecular weight is 172 g/mol. The monoisotopic (exact) mass is 172 g/mol. The van der Waals surface area contributed by atoms with Crippen LogP contribution >= 0.6 is 19.3 Å². The Labute approximate surface area is 68.0 Å². The lowest BCUT2D eigenvalue weighted by Crippen LogP contribution is -1.99. The van der Waals surface area contributed by atoms with Crippen molar-refractivity contribution in [2.24, 2.45) is 0 Å². The van der Waals surface area contributed by atoms with Crippen molar-refractivity contribution in [3.05, 3.63) is 16.3 Å². The van der Waals surface area contributed by atoms with Gasteiger partial charge in [0.15, 0.2) is 0 Å². The summed E-state index contributed by atoms with van der Waals surface area (Å²) < 4.78 is 0. The van der Waals surface area contributed by atoms with Crippen LogP contribution in [0.15, 0.2) is 11.4 Å². The number of hydrogen-bond donors (Lipinski definition) is 0. The summed E-state index contributed by atoms with van der Waals surface area (Å²) in [7, 11) is 0.125. The largest absolute Gasteiger partial charge is 0.148 e. The Morgan fingerprint density at radius 3 is 2.60 bits per heavy atom. The van der Waals surface area contributed by atoms with E-state index in [9.17, 15) is 0 Å². The van der Waals surface area contributed by atoms with Crippen LogP contribution in [-0.2, 0) is 6.42 Å². The van der Waals surface area contributed by atoms with Crippen molar-refractivity contribution in [2.75, 3.05) is 13.3 Å². The fourth-order valence-corrected chi connectivity index (χ4v) is 3.56. The van der Waals surface area contributed by atoms with Crippen LogP contribution < -0.4 is 5.30 Å². The van der Waals surface area contributed by atoms with Gasteiger partial charge >= 0.3 is 0 Å². The average Bonchev–Trinajstić information content (AvgIpc) is 2.33. The lowest BCUT2D eigenvalue weighted by molar-refractivity contribution is 1.20. The molecule has 0 unspecified atom stereocenters. The van der Waals surface area contributed by atoms with Crippen molar-refractivity contribution >= 4 is 24.6 Å². The zero-order chi connectivity index (χ0) is 7.56. The van der Waals surface area contributed by atoms with Crippen LogP contribution in [0, 0.1) is 0 Å². The molecule has 0 nitrogen and oxygen atoms in total. The quantitative estimate of drug-likeness (QED) is 0.602. The number of thiophene rings is 1. The fourth-order valence-electron chi connectivity index (χ4n) is 0.997. The van der Waals surface area contributed by atoms with Gasteiger partial charge in [-0.2, -0.15) is 0 Å². The van der Waals surface area contributed by atoms with Crippen LogP contribution in [0.25, 0.3) is 0 Å². The van der Waals surface area contributed by atoms with Crippen LogP contribution in [0.5, 0.6) is 0 Å². The summed E-state index contributed by atoms with van der Waals surface area (Å²) in [4.78, 5) is 1.58. The van der Waals surface area contributed by atoms with Gasteiger partial charge in [0.2, 0.25) is 0 Å². The molecule has 0 aliphatic heterocycles. The minimum atomic E-state index is 0.125. The van der Waals surface area contributed by atoms with Crippen LogP contribution in [-0.4, -0.2) is 13.3 Å². The Kier molecular flexibility index (Phi) is 2.88. The standard InChI is InChI=1S/C8H13PS/c1-4-8-7(9(2)3)5-6-10-8/h5-6H,4H2,1-3H3. The topological polar surface area (TPSA) is 0 Å². The van der Waals surface area contributed by atoms with Gasteiger partial charge in [0.05, 0.1) is 0 Å². The van der Waals surface area contributed by atoms with Crippen LogP contribution in [0.4, 0.5) is 0 Å². The highest BCUT2D eigenvalue weighted by Gasteiger charge is 2.04. The first-order chi connectivity index (χ1) is 4.75. The zero-order valence-electron chi connectivity index (χ0n) is 6.72. The third kappa shape index (κ3) is 1.59. The molecule has 0 aliphatic rings. The molecule has 10 heavy (non-hydrogen) atoms. The minimum Gasteiger partial charge on any atom is -0.148 e. The maximum atomic E-state index is 2.32. The Morgan fingerprint density at radius 2 is 2.20 bits per heavy atom. The van der Waals surface area contributed by atoms with Gasteiger partial charge in [0, 0.05) is 4.88 Å². The van der Waals surface area contributed by atoms with Crippen molar-refractivity contribution < 1.29 is 0 Å². The second kappa shape index (κ2) is 3.50. The summed E-state index contributed by atoms with van der Waals surface area (Å²) in [6.45, 7) is 6.86. The van der Waals surface area contributed by atoms with E-state index in [0.717, 1.165) is 0 Å². The molecule has 0 amide bonds. The molecule has 56 valence electrons. The summed E-state index contributed by atoms with van der Waals surface area (Å²) in [6.07, 6.45) is 1.20. The van der Waals surface area contributed by atoms with Crippen LogP contribution in [0.2, 0.25) is 0 Å². The molecule has 1 aromatic heterocycles. The highest BCUT2D eigenvalue weighted by Crippen LogP contribution is 2.28. The third-order valence-corrected chi connectivity index (χ3v) is 4.12. The van der Waals surface area contributed by atoms with Gasteiger partial charge in [-0.05, 0) is 36.5 Å². The van der Waals surface area contributed by atoms with E-state index in [-0.39, 0.29) is 7.92 Å². The second-order valence-corrected chi connectivity index (χ2v) is 5.75. The smallest absolute Gasteiger partial charge is 0.0119 e. The van der Waals surface area contributed by atoms with Crippen molar-refractivity contribution in [1.29, 1.82) is 0 Å². The van der Waals surface area contributed by atoms with E-state index in [4.69, 9.17) is 0 Å². The highest BCUT2D eigenvalue weighted by atomic mass is 32.1. The molecule has 1 rings (SSSR count). The number of rotatable bonds is 2. The van der Waals surface area contributed by atoms with Gasteiger partial charge in [-0.25, -0.2) is 0 Å². The van der Waals surface area contributed by atoms with Gasteiger partial charge < -0.3 is 0 Å². The molecule has 1 heterocycles. The van der Waals surface area contributed by atoms with E-state index in [2.05, 4.69) is 31.7 Å². The zero-order valence-corrected chi connectivity index (χ0v) is 8.43. The van der Waals surface area contributed by atoms with E-state index >= 15 is 0 Å². The molecule has 0 radical (unpaired) electrons. The van der Waals surface area contributed by atoms with Crippen LogP contribution in [0.3, 0.4) is 0 Å². The first-order valence-corrected chi connectivity index (χ1v) is 6.61. The Hall–Kier alpha value is 0.130. The van der Waals surface area contributed by atoms with Crippen LogP contribution in [0.1, 0.15) is 11.8 Å². The van der Waals surface area contributed by atoms with Gasteiger partial charge in [-0.3, -0.25) is 0 Å². The molecular formula is C8H13PS. The van der Waals surface area contributed by atoms with E-state index in [1.807, 2.05) is 11.3 Å². The molecule has 0 saturated heterocycles. The summed E-state index contributed by atoms with van der Waals surface area (Å²) >= 11 is 1.89. The molecule has 0 saturated carbocycles. The summed E-state index contributed by atoms with van der Waals surface area (Å²) in [5, 5.41) is 3.80. The van der Waals surface area contributed by atoms with Gasteiger partial charge in [-0.15, -0.1) is 11.3 Å². The Balaban J connectivity index is 2.90. The van der Waals surface area contributed by atoms with Crippen molar-refractivity contribution in [3.63, 3.8) is 0 Å². The van der Waals surface area contributed by atoms with Gasteiger partial charge in [0.25, 0.3) is 0 Å². The molecule has 0 aromatic carbocycles. The van der Waals surface area contributed by atoms with Gasteiger partial charge in [-0.1, -0.05) is 14.8 Å². The molecule has 0 bridgehead atoms. The molecule has 0 N–H and O–H groups in total.